The van der Waals surface area contributed by atoms with E-state index in [-0.39, 0.29) is 11.5 Å². The first-order valence-corrected chi connectivity index (χ1v) is 9.47. The maximum atomic E-state index is 10.4. The smallest absolute Gasteiger partial charge is 0.207 e. The maximum Gasteiger partial charge on any atom is 0.207 e. The molecule has 1 aromatic carbocycles. The van der Waals surface area contributed by atoms with Crippen molar-refractivity contribution < 1.29 is 19.7 Å². The summed E-state index contributed by atoms with van der Waals surface area (Å²) in [5.74, 6) is 0.651. The van der Waals surface area contributed by atoms with Gasteiger partial charge in [-0.1, -0.05) is 53.4 Å². The summed E-state index contributed by atoms with van der Waals surface area (Å²) in [4.78, 5) is 0. The molecule has 0 aliphatic carbocycles. The Balaban J connectivity index is 3.12. The van der Waals surface area contributed by atoms with Gasteiger partial charge in [0.25, 0.3) is 0 Å². The topological polar surface area (TPSA) is 58.9 Å². The summed E-state index contributed by atoms with van der Waals surface area (Å²) in [6, 6.07) is 0. The number of rotatable bonds is 12. The molecular weight excluding hydrogens is 304 g/mol. The summed E-state index contributed by atoms with van der Waals surface area (Å²) in [6.45, 7) is 9.40. The molecule has 0 aromatic heterocycles. The Bertz CT molecular complexity index is 497. The number of hydrogen-bond donors (Lipinski definition) is 2. The lowest BCUT2D eigenvalue weighted by Crippen LogP contribution is -2.07. The first-order chi connectivity index (χ1) is 11.6. The van der Waals surface area contributed by atoms with E-state index in [4.69, 9.17) is 9.47 Å². The van der Waals surface area contributed by atoms with Crippen molar-refractivity contribution in [3.63, 3.8) is 0 Å². The zero-order chi connectivity index (χ0) is 17.9. The number of aromatic hydroxyl groups is 2. The summed E-state index contributed by atoms with van der Waals surface area (Å²) in [7, 11) is 0. The zero-order valence-corrected chi connectivity index (χ0v) is 15.8. The van der Waals surface area contributed by atoms with Gasteiger partial charge in [-0.15, -0.1) is 0 Å². The minimum Gasteiger partial charge on any atom is -0.504 e. The fourth-order valence-electron chi connectivity index (χ4n) is 2.87. The molecule has 0 bridgehead atoms. The summed E-state index contributed by atoms with van der Waals surface area (Å²) in [5.41, 5.74) is 1.69. The maximum absolute atomic E-state index is 10.4. The molecule has 138 valence electrons. The number of benzene rings is 1. The van der Waals surface area contributed by atoms with Crippen LogP contribution in [-0.4, -0.2) is 23.4 Å². The third kappa shape index (κ3) is 5.22. The molecule has 24 heavy (non-hydrogen) atoms. The Labute approximate surface area is 146 Å². The van der Waals surface area contributed by atoms with E-state index >= 15 is 0 Å². The number of ether oxygens (including phenoxy) is 2. The molecular formula is C20H34O4. The number of unbranched alkanes of at least 4 members (excludes halogenated alkanes) is 4. The number of phenolic OH excluding ortho intramolecular Hbond substituents is 2. The predicted octanol–water partition coefficient (Wildman–Crippen LogP) is 5.36. The molecule has 0 spiro atoms. The van der Waals surface area contributed by atoms with Crippen molar-refractivity contribution in [1.29, 1.82) is 0 Å². The largest absolute Gasteiger partial charge is 0.504 e. The van der Waals surface area contributed by atoms with Crippen LogP contribution in [0, 0.1) is 0 Å². The van der Waals surface area contributed by atoms with Gasteiger partial charge in [0.1, 0.15) is 0 Å². The molecule has 0 saturated carbocycles. The van der Waals surface area contributed by atoms with Gasteiger partial charge in [-0.2, -0.15) is 0 Å². The van der Waals surface area contributed by atoms with E-state index in [9.17, 15) is 10.2 Å². The van der Waals surface area contributed by atoms with Crippen LogP contribution in [0.3, 0.4) is 0 Å². The summed E-state index contributed by atoms with van der Waals surface area (Å²) in [5, 5.41) is 20.8. The molecule has 0 saturated heterocycles. The van der Waals surface area contributed by atoms with Gasteiger partial charge in [0.05, 0.1) is 13.2 Å². The lowest BCUT2D eigenvalue weighted by molar-refractivity contribution is 0.244. The van der Waals surface area contributed by atoms with Crippen LogP contribution in [0.1, 0.15) is 77.3 Å². The van der Waals surface area contributed by atoms with Crippen molar-refractivity contribution in [3.05, 3.63) is 11.1 Å². The SMILES string of the molecule is CCCCCOc1c(O)c(O)c(CC)c(CC)c1OCCCCC. The van der Waals surface area contributed by atoms with E-state index in [1.165, 1.54) is 0 Å². The van der Waals surface area contributed by atoms with Crippen LogP contribution in [0.5, 0.6) is 23.0 Å². The first kappa shape index (κ1) is 20.5. The van der Waals surface area contributed by atoms with E-state index in [0.29, 0.717) is 31.1 Å². The van der Waals surface area contributed by atoms with E-state index in [2.05, 4.69) is 13.8 Å². The number of phenols is 2. The van der Waals surface area contributed by atoms with Crippen molar-refractivity contribution in [2.24, 2.45) is 0 Å². The van der Waals surface area contributed by atoms with Crippen molar-refractivity contribution >= 4 is 0 Å². The van der Waals surface area contributed by atoms with E-state index in [1.807, 2.05) is 13.8 Å². The van der Waals surface area contributed by atoms with Crippen LogP contribution < -0.4 is 9.47 Å². The molecule has 0 aliphatic heterocycles. The fraction of sp³-hybridized carbons (Fsp3) is 0.700. The van der Waals surface area contributed by atoms with Crippen LogP contribution in [-0.2, 0) is 12.8 Å². The molecule has 0 radical (unpaired) electrons. The van der Waals surface area contributed by atoms with Gasteiger partial charge in [0, 0.05) is 11.1 Å². The Kier molecular flexibility index (Phi) is 9.43. The van der Waals surface area contributed by atoms with Crippen molar-refractivity contribution in [1.82, 2.24) is 0 Å². The Morgan fingerprint density at radius 2 is 1.12 bits per heavy atom. The van der Waals surface area contributed by atoms with E-state index in [1.54, 1.807) is 0 Å². The number of hydrogen-bond acceptors (Lipinski definition) is 4. The average Bonchev–Trinajstić information content (AvgIpc) is 2.59. The predicted molar refractivity (Wildman–Crippen MR) is 98.6 cm³/mol. The third-order valence-electron chi connectivity index (χ3n) is 4.27. The molecule has 0 fully saturated rings. The molecule has 0 heterocycles. The highest BCUT2D eigenvalue weighted by atomic mass is 16.5. The molecule has 1 rings (SSSR count). The fourth-order valence-corrected chi connectivity index (χ4v) is 2.87. The summed E-state index contributed by atoms with van der Waals surface area (Å²) >= 11 is 0. The normalized spacial score (nSPS) is 10.8. The van der Waals surface area contributed by atoms with Gasteiger partial charge in [0.15, 0.2) is 11.5 Å². The third-order valence-corrected chi connectivity index (χ3v) is 4.27. The lowest BCUT2D eigenvalue weighted by atomic mass is 9.99. The minimum atomic E-state index is -0.189. The van der Waals surface area contributed by atoms with Crippen molar-refractivity contribution in [2.45, 2.75) is 79.1 Å². The molecule has 0 unspecified atom stereocenters. The monoisotopic (exact) mass is 338 g/mol. The Morgan fingerprint density at radius 1 is 0.625 bits per heavy atom. The summed E-state index contributed by atoms with van der Waals surface area (Å²) in [6.07, 6.45) is 7.68. The van der Waals surface area contributed by atoms with Crippen LogP contribution in [0.4, 0.5) is 0 Å². The summed E-state index contributed by atoms with van der Waals surface area (Å²) < 4.78 is 11.8. The van der Waals surface area contributed by atoms with Crippen molar-refractivity contribution in [2.75, 3.05) is 13.2 Å². The van der Waals surface area contributed by atoms with Gasteiger partial charge in [0.2, 0.25) is 11.5 Å². The van der Waals surface area contributed by atoms with Crippen LogP contribution in [0.2, 0.25) is 0 Å². The van der Waals surface area contributed by atoms with Crippen molar-refractivity contribution in [3.8, 4) is 23.0 Å². The molecule has 4 heteroatoms. The van der Waals surface area contributed by atoms with Gasteiger partial charge >= 0.3 is 0 Å². The molecule has 0 atom stereocenters. The van der Waals surface area contributed by atoms with E-state index in [0.717, 1.165) is 56.1 Å². The molecule has 0 amide bonds. The van der Waals surface area contributed by atoms with Crippen LogP contribution >= 0.6 is 0 Å². The van der Waals surface area contributed by atoms with Crippen LogP contribution in [0.15, 0.2) is 0 Å². The molecule has 2 N–H and O–H groups in total. The van der Waals surface area contributed by atoms with E-state index < -0.39 is 0 Å². The highest BCUT2D eigenvalue weighted by Crippen LogP contribution is 2.49. The van der Waals surface area contributed by atoms with Crippen LogP contribution in [0.25, 0.3) is 0 Å². The van der Waals surface area contributed by atoms with Gasteiger partial charge in [-0.25, -0.2) is 0 Å². The Morgan fingerprint density at radius 3 is 1.58 bits per heavy atom. The van der Waals surface area contributed by atoms with Gasteiger partial charge in [-0.05, 0) is 25.7 Å². The average molecular weight is 338 g/mol. The van der Waals surface area contributed by atoms with Gasteiger partial charge < -0.3 is 19.7 Å². The highest BCUT2D eigenvalue weighted by molar-refractivity contribution is 5.66. The minimum absolute atomic E-state index is 0.0688. The van der Waals surface area contributed by atoms with Gasteiger partial charge in [-0.3, -0.25) is 0 Å². The first-order valence-electron chi connectivity index (χ1n) is 9.47. The lowest BCUT2D eigenvalue weighted by Gasteiger charge is -2.21. The molecule has 1 aromatic rings. The highest BCUT2D eigenvalue weighted by Gasteiger charge is 2.24. The molecule has 4 nitrogen and oxygen atoms in total. The second-order valence-electron chi connectivity index (χ2n) is 6.13. The second kappa shape index (κ2) is 11.1. The second-order valence-corrected chi connectivity index (χ2v) is 6.13. The zero-order valence-electron chi connectivity index (χ0n) is 15.8. The quantitative estimate of drug-likeness (QED) is 0.398. The standard InChI is InChI=1S/C20H34O4/c1-5-9-11-13-23-19-16(8-4)15(7-3)17(21)18(22)20(19)24-14-12-10-6-2/h21-22H,5-14H2,1-4H3. The Hall–Kier alpha value is -1.58. The molecule has 0 aliphatic rings.